The minimum Gasteiger partial charge on any atom is -0.480 e. The molecule has 2 rings (SSSR count). The molecule has 0 bridgehead atoms. The van der Waals surface area contributed by atoms with Crippen LogP contribution in [0.2, 0.25) is 0 Å². The van der Waals surface area contributed by atoms with Crippen molar-refractivity contribution in [3.05, 3.63) is 15.6 Å². The molecule has 1 aliphatic rings. The molecule has 2 amide bonds. The van der Waals surface area contributed by atoms with Gasteiger partial charge in [0.05, 0.1) is 16.7 Å². The molecule has 1 aromatic heterocycles. The number of nitrogens with zero attached hydrogens (tertiary/aromatic N) is 2. The minimum absolute atomic E-state index is 0.178. The quantitative estimate of drug-likeness (QED) is 0.898. The molecule has 1 saturated heterocycles. The molecule has 0 radical (unpaired) electrons. The molecule has 2 N–H and O–H groups in total. The first-order valence-electron chi connectivity index (χ1n) is 7.01. The van der Waals surface area contributed by atoms with E-state index < -0.39 is 11.5 Å². The topological polar surface area (TPSA) is 82.5 Å². The lowest BCUT2D eigenvalue weighted by atomic mass is 10.00. The molecule has 2 atom stereocenters. The van der Waals surface area contributed by atoms with E-state index in [1.165, 1.54) is 4.90 Å². The van der Waals surface area contributed by atoms with E-state index in [0.717, 1.165) is 15.6 Å². The number of carbonyl (C=O) groups excluding carboxylic acids is 1. The molecule has 7 heteroatoms. The second-order valence-corrected chi connectivity index (χ2v) is 6.92. The van der Waals surface area contributed by atoms with Crippen molar-refractivity contribution in [3.8, 4) is 0 Å². The Hall–Kier alpha value is -1.63. The lowest BCUT2D eigenvalue weighted by Gasteiger charge is -2.32. The highest BCUT2D eigenvalue weighted by atomic mass is 32.1. The van der Waals surface area contributed by atoms with Crippen LogP contribution in [0, 0.1) is 13.8 Å². The summed E-state index contributed by atoms with van der Waals surface area (Å²) in [4.78, 5) is 30.6. The minimum atomic E-state index is -1.11. The number of carbonyl (C=O) groups is 2. The molecule has 2 unspecified atom stereocenters. The van der Waals surface area contributed by atoms with E-state index in [0.29, 0.717) is 19.4 Å². The fourth-order valence-electron chi connectivity index (χ4n) is 2.79. The smallest absolute Gasteiger partial charge is 0.329 e. The molecular formula is C14H21N3O3S. The first-order chi connectivity index (χ1) is 9.75. The Morgan fingerprint density at radius 2 is 2.14 bits per heavy atom. The lowest BCUT2D eigenvalue weighted by molar-refractivity contribution is -0.147. The number of rotatable bonds is 3. The van der Waals surface area contributed by atoms with Crippen LogP contribution in [0.4, 0.5) is 4.79 Å². The molecule has 116 valence electrons. The van der Waals surface area contributed by atoms with Gasteiger partial charge in [0.2, 0.25) is 0 Å². The number of likely N-dealkylation sites (tertiary alicyclic amines) is 1. The summed E-state index contributed by atoms with van der Waals surface area (Å²) in [6.07, 6.45) is 1.20. The summed E-state index contributed by atoms with van der Waals surface area (Å²) in [7, 11) is 0. The van der Waals surface area contributed by atoms with E-state index in [1.54, 1.807) is 18.3 Å². The van der Waals surface area contributed by atoms with Crippen LogP contribution in [0.1, 0.15) is 48.3 Å². The van der Waals surface area contributed by atoms with Gasteiger partial charge in [-0.15, -0.1) is 11.3 Å². The third-order valence-electron chi connectivity index (χ3n) is 4.02. The standard InChI is InChI=1S/C14H21N3O3S/c1-8-11(21-10(3)15-8)9(2)16-13(20)17-7-5-6-14(17,4)12(18)19/h9H,5-7H2,1-4H3,(H,16,20)(H,18,19). The van der Waals surface area contributed by atoms with Gasteiger partial charge in [-0.3, -0.25) is 0 Å². The van der Waals surface area contributed by atoms with Crippen LogP contribution in [0.25, 0.3) is 0 Å². The van der Waals surface area contributed by atoms with E-state index in [2.05, 4.69) is 10.3 Å². The molecular weight excluding hydrogens is 290 g/mol. The van der Waals surface area contributed by atoms with Crippen molar-refractivity contribution in [2.24, 2.45) is 0 Å². The lowest BCUT2D eigenvalue weighted by Crippen LogP contribution is -2.54. The first-order valence-corrected chi connectivity index (χ1v) is 7.83. The highest BCUT2D eigenvalue weighted by Gasteiger charge is 2.46. The number of hydrogen-bond acceptors (Lipinski definition) is 4. The zero-order valence-electron chi connectivity index (χ0n) is 12.8. The summed E-state index contributed by atoms with van der Waals surface area (Å²) in [5, 5.41) is 13.2. The van der Waals surface area contributed by atoms with E-state index in [-0.39, 0.29) is 12.1 Å². The largest absolute Gasteiger partial charge is 0.480 e. The van der Waals surface area contributed by atoms with Crippen molar-refractivity contribution in [1.82, 2.24) is 15.2 Å². The molecule has 1 aliphatic heterocycles. The third kappa shape index (κ3) is 2.88. The molecule has 1 fully saturated rings. The first kappa shape index (κ1) is 15.8. The average molecular weight is 311 g/mol. The Bertz CT molecular complexity index is 572. The van der Waals surface area contributed by atoms with Gasteiger partial charge >= 0.3 is 12.0 Å². The fourth-order valence-corrected chi connectivity index (χ4v) is 3.72. The Kier molecular flexibility index (Phi) is 4.22. The van der Waals surface area contributed by atoms with E-state index >= 15 is 0 Å². The number of aliphatic carboxylic acids is 1. The van der Waals surface area contributed by atoms with Gasteiger partial charge in [0, 0.05) is 11.4 Å². The number of carboxylic acid groups (broad SMARTS) is 1. The summed E-state index contributed by atoms with van der Waals surface area (Å²) >= 11 is 1.55. The number of nitrogens with one attached hydrogen (secondary N) is 1. The summed E-state index contributed by atoms with van der Waals surface area (Å²) in [6.45, 7) is 7.82. The third-order valence-corrected chi connectivity index (χ3v) is 5.28. The summed E-state index contributed by atoms with van der Waals surface area (Å²) in [6, 6.07) is -0.502. The summed E-state index contributed by atoms with van der Waals surface area (Å²) < 4.78 is 0. The SMILES string of the molecule is Cc1nc(C)c(C(C)NC(=O)N2CCCC2(C)C(=O)O)s1. The Labute approximate surface area is 128 Å². The number of hydrogen-bond donors (Lipinski definition) is 2. The summed E-state index contributed by atoms with van der Waals surface area (Å²) in [5.41, 5.74) is -0.199. The van der Waals surface area contributed by atoms with Crippen LogP contribution < -0.4 is 5.32 Å². The molecule has 0 saturated carbocycles. The summed E-state index contributed by atoms with van der Waals surface area (Å²) in [5.74, 6) is -0.951. The van der Waals surface area contributed by atoms with Crippen molar-refractivity contribution in [3.63, 3.8) is 0 Å². The molecule has 1 aromatic rings. The normalized spacial score (nSPS) is 23.1. The molecule has 21 heavy (non-hydrogen) atoms. The van der Waals surface area contributed by atoms with Crippen LogP contribution in [0.15, 0.2) is 0 Å². The number of thiazole rings is 1. The van der Waals surface area contributed by atoms with Crippen LogP contribution in [-0.4, -0.2) is 39.1 Å². The van der Waals surface area contributed by atoms with Gasteiger partial charge in [-0.1, -0.05) is 0 Å². The fraction of sp³-hybridized carbons (Fsp3) is 0.643. The average Bonchev–Trinajstić information content (AvgIpc) is 2.93. The number of aromatic nitrogens is 1. The van der Waals surface area contributed by atoms with Gasteiger partial charge in [-0.05, 0) is 40.5 Å². The van der Waals surface area contributed by atoms with Crippen molar-refractivity contribution in [2.45, 2.75) is 52.1 Å². The van der Waals surface area contributed by atoms with Gasteiger partial charge in [-0.25, -0.2) is 14.6 Å². The highest BCUT2D eigenvalue weighted by Crippen LogP contribution is 2.30. The number of amides is 2. The Morgan fingerprint density at radius 1 is 1.48 bits per heavy atom. The van der Waals surface area contributed by atoms with E-state index in [4.69, 9.17) is 0 Å². The van der Waals surface area contributed by atoms with Crippen LogP contribution >= 0.6 is 11.3 Å². The van der Waals surface area contributed by atoms with Crippen LogP contribution in [0.3, 0.4) is 0 Å². The van der Waals surface area contributed by atoms with Crippen molar-refractivity contribution < 1.29 is 14.7 Å². The zero-order valence-corrected chi connectivity index (χ0v) is 13.6. The maximum Gasteiger partial charge on any atom is 0.329 e. The highest BCUT2D eigenvalue weighted by molar-refractivity contribution is 7.11. The Balaban J connectivity index is 2.11. The van der Waals surface area contributed by atoms with Gasteiger partial charge in [-0.2, -0.15) is 0 Å². The van der Waals surface area contributed by atoms with Gasteiger partial charge in [0.1, 0.15) is 5.54 Å². The van der Waals surface area contributed by atoms with Gasteiger partial charge in [0.15, 0.2) is 0 Å². The van der Waals surface area contributed by atoms with Gasteiger partial charge < -0.3 is 15.3 Å². The van der Waals surface area contributed by atoms with Crippen molar-refractivity contribution in [1.29, 1.82) is 0 Å². The maximum atomic E-state index is 12.4. The number of aryl methyl sites for hydroxylation is 2. The second-order valence-electron chi connectivity index (χ2n) is 5.69. The van der Waals surface area contributed by atoms with E-state index in [1.807, 2.05) is 20.8 Å². The van der Waals surface area contributed by atoms with Crippen LogP contribution in [-0.2, 0) is 4.79 Å². The van der Waals surface area contributed by atoms with Gasteiger partial charge in [0.25, 0.3) is 0 Å². The molecule has 6 nitrogen and oxygen atoms in total. The number of urea groups is 1. The number of carboxylic acids is 1. The van der Waals surface area contributed by atoms with Crippen molar-refractivity contribution in [2.75, 3.05) is 6.54 Å². The molecule has 0 aliphatic carbocycles. The second kappa shape index (κ2) is 5.63. The molecule has 0 spiro atoms. The zero-order chi connectivity index (χ0) is 15.8. The molecule has 0 aromatic carbocycles. The maximum absolute atomic E-state index is 12.4. The van der Waals surface area contributed by atoms with Crippen molar-refractivity contribution >= 4 is 23.3 Å². The molecule has 2 heterocycles. The predicted molar refractivity (Wildman–Crippen MR) is 80.5 cm³/mol. The Morgan fingerprint density at radius 3 is 2.67 bits per heavy atom. The monoisotopic (exact) mass is 311 g/mol. The van der Waals surface area contributed by atoms with Crippen LogP contribution in [0.5, 0.6) is 0 Å². The predicted octanol–water partition coefficient (Wildman–Crippen LogP) is 2.47. The van der Waals surface area contributed by atoms with E-state index in [9.17, 15) is 14.7 Å².